The van der Waals surface area contributed by atoms with Crippen molar-refractivity contribution in [2.75, 3.05) is 32.1 Å². The molecule has 0 radical (unpaired) electrons. The molecule has 1 atom stereocenters. The monoisotopic (exact) mass is 205 g/mol. The molecule has 76 valence electrons. The Morgan fingerprint density at radius 2 is 2.38 bits per heavy atom. The van der Waals surface area contributed by atoms with Gasteiger partial charge in [-0.2, -0.15) is 12.6 Å². The summed E-state index contributed by atoms with van der Waals surface area (Å²) < 4.78 is 10.5. The average Bonchev–Trinajstić information content (AvgIpc) is 2.17. The number of thiol groups is 1. The molecule has 0 aromatic heterocycles. The highest BCUT2D eigenvalue weighted by Crippen LogP contribution is 1.98. The maximum Gasteiger partial charge on any atom is 0.220 e. The molecule has 0 aliphatic carbocycles. The summed E-state index contributed by atoms with van der Waals surface area (Å²) in [6.07, 6.45) is 0.467. The van der Waals surface area contributed by atoms with Crippen molar-refractivity contribution in [1.29, 1.82) is 0 Å². The van der Waals surface area contributed by atoms with E-state index in [1.165, 1.54) is 0 Å². The molecule has 4 nitrogen and oxygen atoms in total. The Morgan fingerprint density at radius 3 is 3.00 bits per heavy atom. The van der Waals surface area contributed by atoms with E-state index in [0.717, 1.165) is 0 Å². The number of ether oxygens (including phenoxy) is 2. The quantitative estimate of drug-likeness (QED) is 0.627. The minimum atomic E-state index is 0.0117. The largest absolute Gasteiger partial charge is 0.376 e. The number of hydrogen-bond acceptors (Lipinski definition) is 4. The van der Waals surface area contributed by atoms with Crippen LogP contribution in [0.25, 0.3) is 0 Å². The Morgan fingerprint density at radius 1 is 1.54 bits per heavy atom. The van der Waals surface area contributed by atoms with Gasteiger partial charge in [0, 0.05) is 13.0 Å². The second kappa shape index (κ2) is 6.23. The van der Waals surface area contributed by atoms with Crippen LogP contribution in [0.3, 0.4) is 0 Å². The number of amides is 1. The van der Waals surface area contributed by atoms with Gasteiger partial charge >= 0.3 is 0 Å². The maximum atomic E-state index is 11.0. The van der Waals surface area contributed by atoms with Crippen molar-refractivity contribution >= 4 is 18.5 Å². The van der Waals surface area contributed by atoms with Gasteiger partial charge in [-0.15, -0.1) is 0 Å². The highest BCUT2D eigenvalue weighted by Gasteiger charge is 2.14. The Balaban J connectivity index is 2.06. The van der Waals surface area contributed by atoms with E-state index in [4.69, 9.17) is 9.47 Å². The highest BCUT2D eigenvalue weighted by atomic mass is 32.1. The van der Waals surface area contributed by atoms with Crippen LogP contribution in [-0.2, 0) is 14.3 Å². The Bertz CT molecular complexity index is 159. The normalized spacial score (nSPS) is 22.7. The van der Waals surface area contributed by atoms with Crippen molar-refractivity contribution in [1.82, 2.24) is 5.32 Å². The zero-order valence-corrected chi connectivity index (χ0v) is 8.39. The molecular weight excluding hydrogens is 190 g/mol. The fourth-order valence-corrected chi connectivity index (χ4v) is 1.28. The van der Waals surface area contributed by atoms with Crippen molar-refractivity contribution in [3.63, 3.8) is 0 Å². The first-order valence-corrected chi connectivity index (χ1v) is 5.03. The van der Waals surface area contributed by atoms with Gasteiger partial charge < -0.3 is 14.8 Å². The molecule has 5 heteroatoms. The minimum absolute atomic E-state index is 0.0117. The fraction of sp³-hybridized carbons (Fsp3) is 0.875. The van der Waals surface area contributed by atoms with E-state index in [1.807, 2.05) is 0 Å². The first-order chi connectivity index (χ1) is 6.33. The lowest BCUT2D eigenvalue weighted by Gasteiger charge is -2.22. The molecule has 1 aliphatic heterocycles. The number of carbonyl (C=O) groups is 1. The lowest BCUT2D eigenvalue weighted by Crippen LogP contribution is -2.39. The Labute approximate surface area is 83.4 Å². The summed E-state index contributed by atoms with van der Waals surface area (Å²) >= 11 is 3.96. The summed E-state index contributed by atoms with van der Waals surface area (Å²) in [4.78, 5) is 11.0. The molecule has 1 amide bonds. The standard InChI is InChI=1S/C8H15NO3S/c10-8(1-4-13)9-5-7-6-11-2-3-12-7/h7,13H,1-6H2,(H,9,10). The van der Waals surface area contributed by atoms with Gasteiger partial charge in [0.05, 0.1) is 25.9 Å². The first-order valence-electron chi connectivity index (χ1n) is 4.40. The lowest BCUT2D eigenvalue weighted by atomic mass is 10.3. The second-order valence-corrected chi connectivity index (χ2v) is 3.29. The van der Waals surface area contributed by atoms with Crippen LogP contribution < -0.4 is 5.32 Å². The third kappa shape index (κ3) is 4.50. The Kier molecular flexibility index (Phi) is 5.19. The van der Waals surface area contributed by atoms with Gasteiger partial charge in [-0.25, -0.2) is 0 Å². The van der Waals surface area contributed by atoms with Crippen molar-refractivity contribution in [3.05, 3.63) is 0 Å². The van der Waals surface area contributed by atoms with Crippen LogP contribution in [-0.4, -0.2) is 44.1 Å². The summed E-state index contributed by atoms with van der Waals surface area (Å²) in [6.45, 7) is 2.38. The predicted molar refractivity (Wildman–Crippen MR) is 52.0 cm³/mol. The molecular formula is C8H15NO3S. The predicted octanol–water partition coefficient (Wildman–Crippen LogP) is -0.162. The number of carbonyl (C=O) groups excluding carboxylic acids is 1. The highest BCUT2D eigenvalue weighted by molar-refractivity contribution is 7.80. The first kappa shape index (κ1) is 10.8. The van der Waals surface area contributed by atoms with Gasteiger partial charge in [-0.05, 0) is 5.75 Å². The maximum absolute atomic E-state index is 11.0. The van der Waals surface area contributed by atoms with E-state index in [1.54, 1.807) is 0 Å². The molecule has 1 fully saturated rings. The van der Waals surface area contributed by atoms with Crippen molar-refractivity contribution in [2.45, 2.75) is 12.5 Å². The molecule has 0 saturated carbocycles. The van der Waals surface area contributed by atoms with Gasteiger partial charge in [0.2, 0.25) is 5.91 Å². The number of hydrogen-bond donors (Lipinski definition) is 2. The van der Waals surface area contributed by atoms with Gasteiger partial charge in [0.15, 0.2) is 0 Å². The summed E-state index contributed by atoms with van der Waals surface area (Å²) in [5.41, 5.74) is 0. The molecule has 1 unspecified atom stereocenters. The summed E-state index contributed by atoms with van der Waals surface area (Å²) in [7, 11) is 0. The number of rotatable bonds is 4. The SMILES string of the molecule is O=C(CCS)NCC1COCCO1. The van der Waals surface area contributed by atoms with Crippen LogP contribution in [0.4, 0.5) is 0 Å². The van der Waals surface area contributed by atoms with Crippen molar-refractivity contribution in [2.24, 2.45) is 0 Å². The minimum Gasteiger partial charge on any atom is -0.376 e. The zero-order valence-electron chi connectivity index (χ0n) is 7.49. The smallest absolute Gasteiger partial charge is 0.220 e. The fourth-order valence-electron chi connectivity index (χ4n) is 1.07. The van der Waals surface area contributed by atoms with Crippen LogP contribution in [0.2, 0.25) is 0 Å². The van der Waals surface area contributed by atoms with Crippen LogP contribution >= 0.6 is 12.6 Å². The van der Waals surface area contributed by atoms with Crippen molar-refractivity contribution in [3.8, 4) is 0 Å². The van der Waals surface area contributed by atoms with Gasteiger partial charge in [0.1, 0.15) is 0 Å². The van der Waals surface area contributed by atoms with Crippen LogP contribution in [0.5, 0.6) is 0 Å². The number of nitrogens with one attached hydrogen (secondary N) is 1. The molecule has 1 saturated heterocycles. The third-order valence-corrected chi connectivity index (χ3v) is 1.97. The summed E-state index contributed by atoms with van der Waals surface area (Å²) in [6, 6.07) is 0. The average molecular weight is 205 g/mol. The van der Waals surface area contributed by atoms with Crippen molar-refractivity contribution < 1.29 is 14.3 Å². The molecule has 1 heterocycles. The lowest BCUT2D eigenvalue weighted by molar-refractivity contribution is -0.123. The van der Waals surface area contributed by atoms with Gasteiger partial charge in [0.25, 0.3) is 0 Å². The van der Waals surface area contributed by atoms with Crippen LogP contribution in [0.15, 0.2) is 0 Å². The molecule has 1 aliphatic rings. The second-order valence-electron chi connectivity index (χ2n) is 2.85. The zero-order chi connectivity index (χ0) is 9.52. The summed E-state index contributed by atoms with van der Waals surface area (Å²) in [5, 5.41) is 2.76. The van der Waals surface area contributed by atoms with E-state index >= 15 is 0 Å². The Hall–Kier alpha value is -0.260. The topological polar surface area (TPSA) is 47.6 Å². The van der Waals surface area contributed by atoms with Gasteiger partial charge in [-0.1, -0.05) is 0 Å². The molecule has 1 N–H and O–H groups in total. The summed E-state index contributed by atoms with van der Waals surface area (Å²) in [5.74, 6) is 0.595. The van der Waals surface area contributed by atoms with E-state index in [9.17, 15) is 4.79 Å². The molecule has 0 bridgehead atoms. The third-order valence-electron chi connectivity index (χ3n) is 1.75. The van der Waals surface area contributed by atoms with Crippen LogP contribution in [0, 0.1) is 0 Å². The molecule has 0 spiro atoms. The molecule has 0 aromatic carbocycles. The van der Waals surface area contributed by atoms with E-state index < -0.39 is 0 Å². The van der Waals surface area contributed by atoms with E-state index in [2.05, 4.69) is 17.9 Å². The molecule has 0 aromatic rings. The van der Waals surface area contributed by atoms with Gasteiger partial charge in [-0.3, -0.25) is 4.79 Å². The van der Waals surface area contributed by atoms with Crippen LogP contribution in [0.1, 0.15) is 6.42 Å². The van der Waals surface area contributed by atoms with E-state index in [-0.39, 0.29) is 12.0 Å². The molecule has 1 rings (SSSR count). The molecule has 13 heavy (non-hydrogen) atoms. The van der Waals surface area contributed by atoms with E-state index in [0.29, 0.717) is 38.5 Å².